The highest BCUT2D eigenvalue weighted by Crippen LogP contribution is 2.24. The number of aliphatic hydroxyl groups is 3. The maximum atomic E-state index is 12.8. The summed E-state index contributed by atoms with van der Waals surface area (Å²) in [6.07, 6.45) is 44.2. The third-order valence-electron chi connectivity index (χ3n) is 11.7. The largest absolute Gasteiger partial charge is 0.462 e. The topological polar surface area (TPSA) is 186 Å². The third-order valence-corrected chi connectivity index (χ3v) is 12.4. The molecule has 12 nitrogen and oxygen atoms in total. The van der Waals surface area contributed by atoms with Crippen LogP contribution in [-0.4, -0.2) is 96.0 Å². The summed E-state index contributed by atoms with van der Waals surface area (Å²) in [6, 6.07) is 0. The van der Waals surface area contributed by atoms with Crippen molar-refractivity contribution in [2.45, 2.75) is 243 Å². The zero-order valence-electron chi connectivity index (χ0n) is 41.0. The number of esters is 2. The number of aliphatic hydroxyl groups excluding tert-OH is 3. The standard InChI is InChI=1S/C53H92O12S/c1-3-5-7-9-11-13-15-17-19-20-21-22-23-24-25-26-28-29-31-33-35-37-39-41-48(54)62-43-46(44-63-53-52(58)51(57)50(56)47(65-53)45-66(59,60)61)64-49(55)42-40-38-36-34-32-30-27-18-16-14-12-10-8-6-4-2/h6,8,10,12,14,16,18,27,33,35,46-47,50-53,56-58H,3-5,7,9,11,13,15,17,19-26,28-32,34,36-45H2,1-2H3,(H,59,60,61)/b8-6+,12-10+,16-14+,27-18+,35-33+/t46-,47-,50-,51?,52?,53+/m1/s1. The van der Waals surface area contributed by atoms with Gasteiger partial charge in [-0.05, 0) is 51.4 Å². The Morgan fingerprint density at radius 1 is 0.530 bits per heavy atom. The normalized spacial score (nSPS) is 19.9. The number of ether oxygens (including phenoxy) is 4. The molecule has 0 aromatic heterocycles. The van der Waals surface area contributed by atoms with Crippen molar-refractivity contribution in [1.82, 2.24) is 0 Å². The van der Waals surface area contributed by atoms with Crippen LogP contribution in [-0.2, 0) is 38.7 Å². The highest BCUT2D eigenvalue weighted by atomic mass is 32.2. The van der Waals surface area contributed by atoms with E-state index in [1.807, 2.05) is 36.5 Å². The van der Waals surface area contributed by atoms with E-state index in [2.05, 4.69) is 38.2 Å². The molecule has 1 aliphatic rings. The summed E-state index contributed by atoms with van der Waals surface area (Å²) >= 11 is 0. The lowest BCUT2D eigenvalue weighted by molar-refractivity contribution is -0.297. The Morgan fingerprint density at radius 3 is 1.52 bits per heavy atom. The molecule has 4 N–H and O–H groups in total. The first kappa shape index (κ1) is 61.4. The number of allylic oxidation sites excluding steroid dienone is 10. The number of carbonyl (C=O) groups is 2. The van der Waals surface area contributed by atoms with Crippen LogP contribution in [0.3, 0.4) is 0 Å². The van der Waals surface area contributed by atoms with E-state index in [9.17, 15) is 37.9 Å². The molecule has 1 rings (SSSR count). The van der Waals surface area contributed by atoms with E-state index < -0.39 is 71.2 Å². The van der Waals surface area contributed by atoms with Crippen molar-refractivity contribution < 1.29 is 56.8 Å². The van der Waals surface area contributed by atoms with Gasteiger partial charge in [0.2, 0.25) is 0 Å². The van der Waals surface area contributed by atoms with Gasteiger partial charge in [-0.15, -0.1) is 0 Å². The maximum absolute atomic E-state index is 12.8. The van der Waals surface area contributed by atoms with Crippen molar-refractivity contribution in [3.8, 4) is 0 Å². The Bertz CT molecular complexity index is 1440. The first-order valence-corrected chi connectivity index (χ1v) is 27.5. The van der Waals surface area contributed by atoms with Gasteiger partial charge in [0.05, 0.1) is 6.61 Å². The Labute approximate surface area is 400 Å². The fourth-order valence-corrected chi connectivity index (χ4v) is 8.38. The smallest absolute Gasteiger partial charge is 0.306 e. The van der Waals surface area contributed by atoms with E-state index in [1.165, 1.54) is 109 Å². The molecule has 1 aliphatic heterocycles. The Balaban J connectivity index is 2.36. The molecular formula is C53H92O12S. The summed E-state index contributed by atoms with van der Waals surface area (Å²) in [7, 11) is -4.61. The monoisotopic (exact) mass is 953 g/mol. The van der Waals surface area contributed by atoms with Gasteiger partial charge in [0.25, 0.3) is 10.1 Å². The summed E-state index contributed by atoms with van der Waals surface area (Å²) in [4.78, 5) is 25.5. The second kappa shape index (κ2) is 42.5. The van der Waals surface area contributed by atoms with Crippen molar-refractivity contribution in [3.63, 3.8) is 0 Å². The van der Waals surface area contributed by atoms with Crippen molar-refractivity contribution in [2.75, 3.05) is 19.0 Å². The molecule has 0 amide bonds. The van der Waals surface area contributed by atoms with Gasteiger partial charge in [-0.2, -0.15) is 8.42 Å². The molecule has 6 atom stereocenters. The predicted molar refractivity (Wildman–Crippen MR) is 265 cm³/mol. The van der Waals surface area contributed by atoms with Crippen LogP contribution in [0.4, 0.5) is 0 Å². The molecule has 382 valence electrons. The summed E-state index contributed by atoms with van der Waals surface area (Å²) in [5.41, 5.74) is 0. The van der Waals surface area contributed by atoms with Crippen LogP contribution in [0.5, 0.6) is 0 Å². The molecule has 1 heterocycles. The lowest BCUT2D eigenvalue weighted by Gasteiger charge is -2.40. The molecular weight excluding hydrogens is 861 g/mol. The molecule has 0 aromatic rings. The van der Waals surface area contributed by atoms with Crippen LogP contribution in [0.2, 0.25) is 0 Å². The molecule has 0 bridgehead atoms. The molecule has 1 saturated heterocycles. The number of carbonyl (C=O) groups excluding carboxylic acids is 2. The number of hydrogen-bond donors (Lipinski definition) is 4. The average Bonchev–Trinajstić information content (AvgIpc) is 3.28. The van der Waals surface area contributed by atoms with E-state index in [4.69, 9.17) is 18.9 Å². The SMILES string of the molecule is CC/C=C/C=C/C=C/C=C/CCCCCCCC(=O)O[C@H](COC(=O)CCC/C=C/CCCCCCCCCCCCCCCCCCCC)CO[C@H]1O[C@H](CS(=O)(=O)O)[C@@H](O)C(O)C1O. The van der Waals surface area contributed by atoms with Gasteiger partial charge in [-0.25, -0.2) is 0 Å². The summed E-state index contributed by atoms with van der Waals surface area (Å²) in [5.74, 6) is -2.05. The van der Waals surface area contributed by atoms with Gasteiger partial charge in [-0.3, -0.25) is 14.1 Å². The van der Waals surface area contributed by atoms with Gasteiger partial charge < -0.3 is 34.3 Å². The number of rotatable bonds is 43. The quantitative estimate of drug-likeness (QED) is 0.0149. The minimum atomic E-state index is -4.61. The van der Waals surface area contributed by atoms with Gasteiger partial charge in [0.1, 0.15) is 36.8 Å². The van der Waals surface area contributed by atoms with Crippen LogP contribution in [0, 0.1) is 0 Å². The van der Waals surface area contributed by atoms with Crippen LogP contribution in [0.1, 0.15) is 206 Å². The van der Waals surface area contributed by atoms with Crippen molar-refractivity contribution in [3.05, 3.63) is 60.8 Å². The fraction of sp³-hybridized carbons (Fsp3) is 0.774. The molecule has 2 unspecified atom stereocenters. The second-order valence-corrected chi connectivity index (χ2v) is 19.4. The summed E-state index contributed by atoms with van der Waals surface area (Å²) in [6.45, 7) is 3.60. The lowest BCUT2D eigenvalue weighted by Crippen LogP contribution is -2.60. The van der Waals surface area contributed by atoms with Crippen molar-refractivity contribution >= 4 is 22.1 Å². The molecule has 66 heavy (non-hydrogen) atoms. The Morgan fingerprint density at radius 2 is 0.985 bits per heavy atom. The molecule has 0 radical (unpaired) electrons. The summed E-state index contributed by atoms with van der Waals surface area (Å²) in [5, 5.41) is 31.0. The Kier molecular flexibility index (Phi) is 39.5. The van der Waals surface area contributed by atoms with E-state index in [-0.39, 0.29) is 19.4 Å². The predicted octanol–water partition coefficient (Wildman–Crippen LogP) is 11.7. The Hall–Kier alpha value is -2.65. The maximum Gasteiger partial charge on any atom is 0.306 e. The van der Waals surface area contributed by atoms with Crippen LogP contribution in [0.25, 0.3) is 0 Å². The summed E-state index contributed by atoms with van der Waals surface area (Å²) < 4.78 is 54.1. The molecule has 13 heteroatoms. The van der Waals surface area contributed by atoms with Crippen LogP contribution in [0.15, 0.2) is 60.8 Å². The van der Waals surface area contributed by atoms with Gasteiger partial charge >= 0.3 is 11.9 Å². The first-order chi connectivity index (χ1) is 32.0. The molecule has 0 aliphatic carbocycles. The second-order valence-electron chi connectivity index (χ2n) is 17.9. The molecule has 0 saturated carbocycles. The van der Waals surface area contributed by atoms with Crippen LogP contribution >= 0.6 is 0 Å². The number of hydrogen-bond acceptors (Lipinski definition) is 11. The van der Waals surface area contributed by atoms with Crippen LogP contribution < -0.4 is 0 Å². The van der Waals surface area contributed by atoms with Gasteiger partial charge in [-0.1, -0.05) is 203 Å². The number of unbranched alkanes of at least 4 members (excludes halogenated alkanes) is 24. The van der Waals surface area contributed by atoms with E-state index >= 15 is 0 Å². The first-order valence-electron chi connectivity index (χ1n) is 25.9. The van der Waals surface area contributed by atoms with Gasteiger partial charge in [0.15, 0.2) is 12.4 Å². The van der Waals surface area contributed by atoms with Crippen molar-refractivity contribution in [2.24, 2.45) is 0 Å². The zero-order valence-corrected chi connectivity index (χ0v) is 41.9. The highest BCUT2D eigenvalue weighted by Gasteiger charge is 2.46. The van der Waals surface area contributed by atoms with Crippen molar-refractivity contribution in [1.29, 1.82) is 0 Å². The molecule has 0 spiro atoms. The third kappa shape index (κ3) is 36.4. The lowest BCUT2D eigenvalue weighted by atomic mass is 10.00. The minimum Gasteiger partial charge on any atom is -0.462 e. The minimum absolute atomic E-state index is 0.131. The van der Waals surface area contributed by atoms with E-state index in [1.54, 1.807) is 0 Å². The highest BCUT2D eigenvalue weighted by molar-refractivity contribution is 7.85. The fourth-order valence-electron chi connectivity index (χ4n) is 7.69. The average molecular weight is 953 g/mol. The van der Waals surface area contributed by atoms with Gasteiger partial charge in [0, 0.05) is 12.8 Å². The molecule has 1 fully saturated rings. The van der Waals surface area contributed by atoms with E-state index in [0.29, 0.717) is 12.8 Å². The van der Waals surface area contributed by atoms with E-state index in [0.717, 1.165) is 57.8 Å². The molecule has 0 aromatic carbocycles. The zero-order chi connectivity index (χ0) is 48.4.